The average Bonchev–Trinajstić information content (AvgIpc) is 2.29. The summed E-state index contributed by atoms with van der Waals surface area (Å²) in [7, 11) is 0. The lowest BCUT2D eigenvalue weighted by Crippen LogP contribution is -2.12. The van der Waals surface area contributed by atoms with Crippen molar-refractivity contribution in [1.29, 1.82) is 0 Å². The summed E-state index contributed by atoms with van der Waals surface area (Å²) in [6.45, 7) is 5.85. The van der Waals surface area contributed by atoms with Gasteiger partial charge in [-0.1, -0.05) is 37.5 Å². The van der Waals surface area contributed by atoms with E-state index in [0.29, 0.717) is 17.0 Å². The van der Waals surface area contributed by atoms with Crippen LogP contribution in [0.1, 0.15) is 37.0 Å². The van der Waals surface area contributed by atoms with Gasteiger partial charge in [0, 0.05) is 5.41 Å². The van der Waals surface area contributed by atoms with Crippen LogP contribution in [0.25, 0.3) is 0 Å². The molecule has 1 rings (SSSR count). The van der Waals surface area contributed by atoms with Crippen LogP contribution in [0.5, 0.6) is 0 Å². The first kappa shape index (κ1) is 9.26. The van der Waals surface area contributed by atoms with E-state index < -0.39 is 0 Å². The van der Waals surface area contributed by atoms with Crippen molar-refractivity contribution in [3.8, 4) is 0 Å². The summed E-state index contributed by atoms with van der Waals surface area (Å²) in [6, 6.07) is 0. The maximum absolute atomic E-state index is 10.3. The van der Waals surface area contributed by atoms with E-state index in [-0.39, 0.29) is 11.2 Å². The lowest BCUT2D eigenvalue weighted by molar-refractivity contribution is 0.109. The first-order valence-electron chi connectivity index (χ1n) is 3.57. The maximum atomic E-state index is 10.3. The highest BCUT2D eigenvalue weighted by atomic mass is 35.5. The maximum Gasteiger partial charge on any atom is 0.218 e. The molecule has 0 saturated heterocycles. The van der Waals surface area contributed by atoms with E-state index in [2.05, 4.69) is 5.16 Å². The minimum absolute atomic E-state index is 0.0987. The summed E-state index contributed by atoms with van der Waals surface area (Å²) in [6.07, 6.45) is 0.560. The Hall–Kier alpha value is -0.830. The molecule has 1 aromatic rings. The fraction of sp³-hybridized carbons (Fsp3) is 0.500. The molecule has 0 N–H and O–H groups in total. The van der Waals surface area contributed by atoms with Crippen molar-refractivity contribution in [2.24, 2.45) is 0 Å². The molecular formula is C8H10ClNO2. The molecule has 0 bridgehead atoms. The highest BCUT2D eigenvalue weighted by Gasteiger charge is 2.24. The Labute approximate surface area is 75.7 Å². The number of rotatable bonds is 1. The average molecular weight is 188 g/mol. The Bertz CT molecular complexity index is 298. The number of aldehydes is 1. The molecule has 0 aromatic carbocycles. The van der Waals surface area contributed by atoms with E-state index in [4.69, 9.17) is 16.1 Å². The third-order valence-corrected chi connectivity index (χ3v) is 1.84. The van der Waals surface area contributed by atoms with Crippen LogP contribution >= 0.6 is 11.6 Å². The first-order chi connectivity index (χ1) is 5.46. The zero-order chi connectivity index (χ0) is 9.35. The summed E-state index contributed by atoms with van der Waals surface area (Å²) in [5.74, 6) is 0.0987. The Kier molecular flexibility index (Phi) is 2.24. The lowest BCUT2D eigenvalue weighted by Gasteiger charge is -2.13. The smallest absolute Gasteiger partial charge is 0.218 e. The summed E-state index contributed by atoms with van der Waals surface area (Å²) in [5.41, 5.74) is 0.424. The van der Waals surface area contributed by atoms with Crippen LogP contribution in [0.15, 0.2) is 4.52 Å². The van der Waals surface area contributed by atoms with Crippen LogP contribution in [0.4, 0.5) is 0 Å². The van der Waals surface area contributed by atoms with Crippen LogP contribution in [0.3, 0.4) is 0 Å². The van der Waals surface area contributed by atoms with E-state index in [9.17, 15) is 4.79 Å². The van der Waals surface area contributed by atoms with Gasteiger partial charge in [-0.25, -0.2) is 0 Å². The monoisotopic (exact) mass is 187 g/mol. The van der Waals surface area contributed by atoms with E-state index in [1.807, 2.05) is 20.8 Å². The molecule has 3 nitrogen and oxygen atoms in total. The number of hydrogen-bond donors (Lipinski definition) is 0. The lowest BCUT2D eigenvalue weighted by atomic mass is 9.92. The van der Waals surface area contributed by atoms with Crippen molar-refractivity contribution < 1.29 is 9.32 Å². The van der Waals surface area contributed by atoms with Gasteiger partial charge in [-0.15, -0.1) is 0 Å². The van der Waals surface area contributed by atoms with E-state index >= 15 is 0 Å². The number of halogens is 1. The zero-order valence-electron chi connectivity index (χ0n) is 7.22. The Morgan fingerprint density at radius 3 is 2.33 bits per heavy atom. The quantitative estimate of drug-likeness (QED) is 0.635. The van der Waals surface area contributed by atoms with Gasteiger partial charge < -0.3 is 4.52 Å². The van der Waals surface area contributed by atoms with Crippen molar-refractivity contribution in [2.75, 3.05) is 0 Å². The zero-order valence-corrected chi connectivity index (χ0v) is 7.97. The van der Waals surface area contributed by atoms with Gasteiger partial charge in [-0.2, -0.15) is 0 Å². The molecule has 0 fully saturated rings. The Morgan fingerprint density at radius 2 is 2.08 bits per heavy atom. The van der Waals surface area contributed by atoms with Gasteiger partial charge in [0.15, 0.2) is 6.29 Å². The van der Waals surface area contributed by atoms with Gasteiger partial charge in [0.2, 0.25) is 5.76 Å². The van der Waals surface area contributed by atoms with Crippen molar-refractivity contribution in [3.63, 3.8) is 0 Å². The third kappa shape index (κ3) is 1.50. The molecule has 66 valence electrons. The molecule has 0 spiro atoms. The van der Waals surface area contributed by atoms with Gasteiger partial charge in [-0.3, -0.25) is 4.79 Å². The molecule has 0 aliphatic rings. The summed E-state index contributed by atoms with van der Waals surface area (Å²) in [4.78, 5) is 10.3. The highest BCUT2D eigenvalue weighted by molar-refractivity contribution is 6.33. The van der Waals surface area contributed by atoms with Gasteiger partial charge >= 0.3 is 0 Å². The molecule has 0 aliphatic heterocycles. The third-order valence-electron chi connectivity index (χ3n) is 1.48. The van der Waals surface area contributed by atoms with E-state index in [1.165, 1.54) is 0 Å². The van der Waals surface area contributed by atoms with Gasteiger partial charge in [0.1, 0.15) is 10.7 Å². The fourth-order valence-electron chi connectivity index (χ4n) is 0.831. The second-order valence-electron chi connectivity index (χ2n) is 3.58. The standard InChI is InChI=1S/C8H10ClNO2/c1-8(2,3)7-6(9)5(4-11)12-10-7/h4H,1-3H3. The molecule has 0 amide bonds. The Morgan fingerprint density at radius 1 is 1.50 bits per heavy atom. The molecule has 0 atom stereocenters. The van der Waals surface area contributed by atoms with E-state index in [0.717, 1.165) is 0 Å². The van der Waals surface area contributed by atoms with Crippen LogP contribution in [0.2, 0.25) is 5.02 Å². The van der Waals surface area contributed by atoms with Gasteiger partial charge in [0.25, 0.3) is 0 Å². The van der Waals surface area contributed by atoms with Crippen LogP contribution in [-0.4, -0.2) is 11.4 Å². The second kappa shape index (κ2) is 2.90. The highest BCUT2D eigenvalue weighted by Crippen LogP contribution is 2.29. The molecular weight excluding hydrogens is 178 g/mol. The molecule has 1 heterocycles. The SMILES string of the molecule is CC(C)(C)c1noc(C=O)c1Cl. The molecule has 0 aliphatic carbocycles. The predicted molar refractivity (Wildman–Crippen MR) is 45.6 cm³/mol. The van der Waals surface area contributed by atoms with Crippen molar-refractivity contribution in [2.45, 2.75) is 26.2 Å². The number of carbonyl (C=O) groups excluding carboxylic acids is 1. The molecule has 0 saturated carbocycles. The number of hydrogen-bond acceptors (Lipinski definition) is 3. The summed E-state index contributed by atoms with van der Waals surface area (Å²) >= 11 is 5.82. The molecule has 12 heavy (non-hydrogen) atoms. The number of aromatic nitrogens is 1. The van der Waals surface area contributed by atoms with Crippen LogP contribution in [-0.2, 0) is 5.41 Å². The minimum Gasteiger partial charge on any atom is -0.351 e. The normalized spacial score (nSPS) is 11.7. The van der Waals surface area contributed by atoms with Crippen molar-refractivity contribution in [3.05, 3.63) is 16.5 Å². The van der Waals surface area contributed by atoms with Gasteiger partial charge in [-0.05, 0) is 0 Å². The Balaban J connectivity index is 3.19. The van der Waals surface area contributed by atoms with E-state index in [1.54, 1.807) is 0 Å². The second-order valence-corrected chi connectivity index (χ2v) is 3.96. The number of nitrogens with zero attached hydrogens (tertiary/aromatic N) is 1. The minimum atomic E-state index is -0.193. The summed E-state index contributed by atoms with van der Waals surface area (Å²) in [5, 5.41) is 4.04. The molecule has 0 unspecified atom stereocenters. The molecule has 1 aromatic heterocycles. The van der Waals surface area contributed by atoms with Gasteiger partial charge in [0.05, 0.1) is 0 Å². The predicted octanol–water partition coefficient (Wildman–Crippen LogP) is 2.44. The largest absolute Gasteiger partial charge is 0.351 e. The number of carbonyl (C=O) groups is 1. The first-order valence-corrected chi connectivity index (χ1v) is 3.95. The summed E-state index contributed by atoms with van der Waals surface area (Å²) < 4.78 is 4.72. The van der Waals surface area contributed by atoms with Crippen LogP contribution in [0, 0.1) is 0 Å². The topological polar surface area (TPSA) is 43.1 Å². The molecule has 0 radical (unpaired) electrons. The fourth-order valence-corrected chi connectivity index (χ4v) is 1.23. The molecule has 4 heteroatoms. The van der Waals surface area contributed by atoms with Crippen molar-refractivity contribution in [1.82, 2.24) is 5.16 Å². The van der Waals surface area contributed by atoms with Crippen LogP contribution < -0.4 is 0 Å². The van der Waals surface area contributed by atoms with Crippen molar-refractivity contribution >= 4 is 17.9 Å².